The summed E-state index contributed by atoms with van der Waals surface area (Å²) in [7, 11) is 4.18. The van der Waals surface area contributed by atoms with Crippen LogP contribution >= 0.6 is 11.3 Å². The van der Waals surface area contributed by atoms with Gasteiger partial charge in [0.15, 0.2) is 5.78 Å². The topological polar surface area (TPSA) is 120 Å². The van der Waals surface area contributed by atoms with E-state index >= 15 is 0 Å². The van der Waals surface area contributed by atoms with Gasteiger partial charge in [-0.05, 0) is 125 Å². The number of carbonyl (C=O) groups is 3. The van der Waals surface area contributed by atoms with E-state index in [1.54, 1.807) is 25.2 Å². The summed E-state index contributed by atoms with van der Waals surface area (Å²) in [4.78, 5) is 49.3. The lowest BCUT2D eigenvalue weighted by Crippen LogP contribution is -2.66. The van der Waals surface area contributed by atoms with E-state index < -0.39 is 28.9 Å². The van der Waals surface area contributed by atoms with Crippen LogP contribution in [0.1, 0.15) is 131 Å². The van der Waals surface area contributed by atoms with Gasteiger partial charge in [0.2, 0.25) is 0 Å². The molecule has 1 heterocycles. The highest BCUT2D eigenvalue weighted by Gasteiger charge is 2.71. The lowest BCUT2D eigenvalue weighted by Gasteiger charge is -2.72. The monoisotopic (exact) mass is 782 g/mol. The summed E-state index contributed by atoms with van der Waals surface area (Å²) in [5.41, 5.74) is 2.34. The molecule has 55 heavy (non-hydrogen) atoms. The number of aliphatic carboxylic acids is 1. The molecule has 9 atom stereocenters. The Morgan fingerprint density at radius 2 is 1.69 bits per heavy atom. The first kappa shape index (κ1) is 42.5. The van der Waals surface area contributed by atoms with Crippen molar-refractivity contribution < 1.29 is 29.3 Å². The average Bonchev–Trinajstić information content (AvgIpc) is 3.70. The van der Waals surface area contributed by atoms with Gasteiger partial charge in [0, 0.05) is 54.5 Å². The third-order valence-electron chi connectivity index (χ3n) is 16.7. The molecular formula is C45H71N3O6S. The highest BCUT2D eigenvalue weighted by atomic mass is 32.1. The molecule has 6 rings (SSSR count). The standard InChI is InChI=1S/C45H71N3O6S/c1-28(2)37-31(49)22-45(34(50)26-48(21-20-47(10)11)25-29-24-46-27-55-29)19-18-43(8)30(38(37)45)12-13-33-42(7)16-15-35(54-36(51)23-40(3,4)39(52)53)41(5,6)32(42)14-17-44(33,43)9/h24,27-28,30,32-35,50H,12-23,25-26H2,1-11H3,(H,52,53)/t30-,32+,33-,34+,35+,42+,43-,44-,45+/m1/s1. The Morgan fingerprint density at radius 1 is 0.982 bits per heavy atom. The number of carboxylic acid groups (broad SMARTS) is 1. The molecule has 5 aliphatic carbocycles. The minimum atomic E-state index is -1.17. The van der Waals surface area contributed by atoms with Gasteiger partial charge in [0.25, 0.3) is 0 Å². The van der Waals surface area contributed by atoms with Crippen molar-refractivity contribution in [1.82, 2.24) is 14.8 Å². The smallest absolute Gasteiger partial charge is 0.309 e. The zero-order valence-electron chi connectivity index (χ0n) is 35.8. The van der Waals surface area contributed by atoms with E-state index in [2.05, 4.69) is 77.3 Å². The molecule has 4 fully saturated rings. The Balaban J connectivity index is 1.28. The molecule has 0 radical (unpaired) electrons. The summed E-state index contributed by atoms with van der Waals surface area (Å²) >= 11 is 1.65. The van der Waals surface area contributed by atoms with E-state index in [1.165, 1.54) is 10.5 Å². The number of hydrogen-bond donors (Lipinski definition) is 2. The van der Waals surface area contributed by atoms with Crippen molar-refractivity contribution in [3.05, 3.63) is 27.7 Å². The van der Waals surface area contributed by atoms with Crippen LogP contribution in [-0.4, -0.2) is 88.7 Å². The Morgan fingerprint density at radius 3 is 2.31 bits per heavy atom. The lowest BCUT2D eigenvalue weighted by atomic mass is 9.33. The molecule has 0 saturated heterocycles. The molecule has 0 spiro atoms. The molecular weight excluding hydrogens is 711 g/mol. The molecule has 5 aliphatic rings. The van der Waals surface area contributed by atoms with E-state index in [1.807, 2.05) is 11.7 Å². The summed E-state index contributed by atoms with van der Waals surface area (Å²) in [6, 6.07) is 0. The third kappa shape index (κ3) is 7.09. The van der Waals surface area contributed by atoms with Crippen molar-refractivity contribution >= 4 is 29.1 Å². The first-order valence-corrected chi connectivity index (χ1v) is 22.0. The maximum Gasteiger partial charge on any atom is 0.309 e. The number of carbonyl (C=O) groups excluding carboxylic acids is 2. The normalized spacial score (nSPS) is 36.4. The van der Waals surface area contributed by atoms with Crippen LogP contribution in [0.2, 0.25) is 0 Å². The zero-order chi connectivity index (χ0) is 40.5. The van der Waals surface area contributed by atoms with Gasteiger partial charge in [-0.25, -0.2) is 0 Å². The number of ether oxygens (including phenoxy) is 1. The molecule has 1 aromatic rings. The minimum absolute atomic E-state index is 0.0175. The molecule has 10 heteroatoms. The van der Waals surface area contributed by atoms with Gasteiger partial charge >= 0.3 is 11.9 Å². The highest BCUT2D eigenvalue weighted by molar-refractivity contribution is 7.09. The second-order valence-electron chi connectivity index (χ2n) is 21.1. The molecule has 1 aromatic heterocycles. The Bertz CT molecular complexity index is 1650. The van der Waals surface area contributed by atoms with Crippen molar-refractivity contribution in [1.29, 1.82) is 0 Å². The summed E-state index contributed by atoms with van der Waals surface area (Å²) < 4.78 is 6.19. The summed E-state index contributed by atoms with van der Waals surface area (Å²) in [6.45, 7) is 22.7. The summed E-state index contributed by atoms with van der Waals surface area (Å²) in [5.74, 6) is 0.0603. The van der Waals surface area contributed by atoms with E-state index in [-0.39, 0.29) is 51.8 Å². The minimum Gasteiger partial charge on any atom is -0.481 e. The molecule has 4 saturated carbocycles. The molecule has 0 aliphatic heterocycles. The number of ketones is 1. The molecule has 0 unspecified atom stereocenters. The van der Waals surface area contributed by atoms with Crippen LogP contribution in [0.25, 0.3) is 0 Å². The average molecular weight is 782 g/mol. The first-order chi connectivity index (χ1) is 25.5. The van der Waals surface area contributed by atoms with Gasteiger partial charge in [-0.15, -0.1) is 11.3 Å². The fourth-order valence-electron chi connectivity index (χ4n) is 13.4. The summed E-state index contributed by atoms with van der Waals surface area (Å²) in [6.07, 6.45) is 9.18. The number of fused-ring (bicyclic) bond motifs is 7. The maximum atomic E-state index is 14.3. The van der Waals surface area contributed by atoms with Crippen LogP contribution in [-0.2, 0) is 25.7 Å². The number of aliphatic hydroxyl groups excluding tert-OH is 1. The van der Waals surface area contributed by atoms with Crippen molar-refractivity contribution in [3.8, 4) is 0 Å². The molecule has 2 N–H and O–H groups in total. The number of carboxylic acids is 1. The number of aliphatic hydroxyl groups is 1. The summed E-state index contributed by atoms with van der Waals surface area (Å²) in [5, 5.41) is 22.2. The van der Waals surface area contributed by atoms with Gasteiger partial charge in [0.1, 0.15) is 6.10 Å². The zero-order valence-corrected chi connectivity index (χ0v) is 36.6. The van der Waals surface area contributed by atoms with Crippen LogP contribution < -0.4 is 0 Å². The predicted octanol–water partition coefficient (Wildman–Crippen LogP) is 8.26. The molecule has 0 amide bonds. The van der Waals surface area contributed by atoms with Crippen molar-refractivity contribution in [2.24, 2.45) is 56.2 Å². The Labute approximate surface area is 335 Å². The van der Waals surface area contributed by atoms with Crippen molar-refractivity contribution in [2.75, 3.05) is 33.7 Å². The number of allylic oxidation sites excluding steroid dienone is 1. The van der Waals surface area contributed by atoms with Crippen molar-refractivity contribution in [3.63, 3.8) is 0 Å². The fourth-order valence-corrected chi connectivity index (χ4v) is 14.1. The molecule has 308 valence electrons. The van der Waals surface area contributed by atoms with Gasteiger partial charge in [-0.3, -0.25) is 24.3 Å². The molecule has 9 nitrogen and oxygen atoms in total. The number of hydrogen-bond acceptors (Lipinski definition) is 9. The van der Waals surface area contributed by atoms with Crippen LogP contribution in [0.4, 0.5) is 0 Å². The van der Waals surface area contributed by atoms with Crippen molar-refractivity contribution in [2.45, 2.75) is 145 Å². The van der Waals surface area contributed by atoms with Gasteiger partial charge in [0.05, 0.1) is 23.5 Å². The fraction of sp³-hybridized carbons (Fsp3) is 0.822. The number of thiazole rings is 1. The van der Waals surface area contributed by atoms with Gasteiger partial charge in [-0.1, -0.05) is 54.0 Å². The second-order valence-corrected chi connectivity index (χ2v) is 22.0. The number of likely N-dealkylation sites (N-methyl/N-ethyl adjacent to an activating group) is 1. The second kappa shape index (κ2) is 14.9. The number of aromatic nitrogens is 1. The molecule has 0 bridgehead atoms. The Hall–Kier alpha value is -2.14. The van der Waals surface area contributed by atoms with Crippen LogP contribution in [0.15, 0.2) is 22.9 Å². The third-order valence-corrected chi connectivity index (χ3v) is 17.4. The highest BCUT2D eigenvalue weighted by Crippen LogP contribution is 2.77. The Kier molecular flexibility index (Phi) is 11.5. The maximum absolute atomic E-state index is 14.3. The largest absolute Gasteiger partial charge is 0.481 e. The van der Waals surface area contributed by atoms with E-state index in [4.69, 9.17) is 4.74 Å². The molecule has 0 aromatic carbocycles. The number of Topliss-reactive ketones (excluding diaryl/α,β-unsaturated/α-hetero) is 1. The predicted molar refractivity (Wildman–Crippen MR) is 217 cm³/mol. The first-order valence-electron chi connectivity index (χ1n) is 21.2. The van der Waals surface area contributed by atoms with Crippen LogP contribution in [0.5, 0.6) is 0 Å². The van der Waals surface area contributed by atoms with Crippen LogP contribution in [0.3, 0.4) is 0 Å². The van der Waals surface area contributed by atoms with E-state index in [0.29, 0.717) is 24.8 Å². The number of esters is 1. The lowest BCUT2D eigenvalue weighted by molar-refractivity contribution is -0.235. The van der Waals surface area contributed by atoms with E-state index in [0.717, 1.165) is 76.6 Å². The van der Waals surface area contributed by atoms with Gasteiger partial charge in [-0.2, -0.15) is 0 Å². The van der Waals surface area contributed by atoms with Gasteiger partial charge < -0.3 is 19.8 Å². The SMILES string of the molecule is CC(C)C1=C2[C@H]3CC[C@@H]4[C@@]5(C)CC[C@H](OC(=O)CC(C)(C)C(=O)O)C(C)(C)[C@@H]5CC[C@@]4(C)[C@]3(C)CC[C@@]2([C@@H](O)CN(CCN(C)C)Cc2cncs2)CC1=O. The number of nitrogens with zero attached hydrogens (tertiary/aromatic N) is 3. The quantitative estimate of drug-likeness (QED) is 0.191. The van der Waals surface area contributed by atoms with E-state index in [9.17, 15) is 24.6 Å². The van der Waals surface area contributed by atoms with Crippen LogP contribution in [0, 0.1) is 56.2 Å². The number of rotatable bonds is 13.